The molecule has 1 aromatic heterocycles. The van der Waals surface area contributed by atoms with Crippen molar-refractivity contribution >= 4 is 0 Å². The minimum atomic E-state index is -0.575. The minimum Gasteiger partial charge on any atom is -0.389 e. The van der Waals surface area contributed by atoms with E-state index in [1.807, 2.05) is 0 Å². The predicted molar refractivity (Wildman–Crippen MR) is 64.2 cm³/mol. The summed E-state index contributed by atoms with van der Waals surface area (Å²) in [6, 6.07) is 0.0638. The van der Waals surface area contributed by atoms with Crippen molar-refractivity contribution in [2.75, 3.05) is 6.61 Å². The quantitative estimate of drug-likeness (QED) is 0.763. The van der Waals surface area contributed by atoms with Crippen molar-refractivity contribution in [1.29, 1.82) is 0 Å². The van der Waals surface area contributed by atoms with Crippen molar-refractivity contribution in [1.82, 2.24) is 20.1 Å². The molecular weight excluding hydrogens is 248 g/mol. The molecule has 1 aliphatic carbocycles. The van der Waals surface area contributed by atoms with E-state index in [-0.39, 0.29) is 18.2 Å². The van der Waals surface area contributed by atoms with Gasteiger partial charge in [-0.15, -0.1) is 0 Å². The molecule has 5 atom stereocenters. The van der Waals surface area contributed by atoms with Crippen molar-refractivity contribution in [3.8, 4) is 0 Å². The van der Waals surface area contributed by atoms with Crippen molar-refractivity contribution in [3.05, 3.63) is 12.7 Å². The summed E-state index contributed by atoms with van der Waals surface area (Å²) in [6.07, 6.45) is 5.59. The number of nitrogens with zero attached hydrogens (tertiary/aromatic N) is 3. The Balaban J connectivity index is 1.57. The molecule has 0 amide bonds. The van der Waals surface area contributed by atoms with Crippen LogP contribution in [0.5, 0.6) is 0 Å². The monoisotopic (exact) mass is 266 g/mol. The van der Waals surface area contributed by atoms with Crippen LogP contribution in [0, 0.1) is 0 Å². The van der Waals surface area contributed by atoms with Crippen LogP contribution < -0.4 is 5.32 Å². The van der Waals surface area contributed by atoms with Crippen LogP contribution in [0.15, 0.2) is 12.7 Å². The third kappa shape index (κ3) is 1.88. The molecule has 2 bridgehead atoms. The second-order valence-electron chi connectivity index (χ2n) is 5.55. The molecule has 2 N–H and O–H groups in total. The van der Waals surface area contributed by atoms with Gasteiger partial charge in [-0.3, -0.25) is 0 Å². The average Bonchev–Trinajstić information content (AvgIpc) is 2.98. The zero-order chi connectivity index (χ0) is 12.8. The molecule has 0 radical (unpaired) electrons. The molecule has 4 rings (SSSR count). The molecule has 7 nitrogen and oxygen atoms in total. The third-order valence-corrected chi connectivity index (χ3v) is 4.41. The van der Waals surface area contributed by atoms with E-state index in [0.717, 1.165) is 0 Å². The number of aliphatic hydroxyl groups excluding tert-OH is 1. The highest BCUT2D eigenvalue weighted by Gasteiger charge is 2.51. The van der Waals surface area contributed by atoms with Gasteiger partial charge in [-0.25, -0.2) is 9.67 Å². The Bertz CT molecular complexity index is 436. The van der Waals surface area contributed by atoms with Crippen LogP contribution in [-0.4, -0.2) is 57.1 Å². The standard InChI is InChI=1S/C12H18N4O3/c17-11-9(15-7-2-1-3-7)8-4-18-12(19-8)10(11)16-6-13-5-14-16/h5-12,15,17H,1-4H2/t8-,9-,10-,11+,12-/m1/s1. The maximum atomic E-state index is 10.6. The number of aromatic nitrogens is 3. The minimum absolute atomic E-state index is 0.0691. The lowest BCUT2D eigenvalue weighted by molar-refractivity contribution is -0.169. The zero-order valence-electron chi connectivity index (χ0n) is 10.6. The maximum Gasteiger partial charge on any atom is 0.183 e. The fourth-order valence-corrected chi connectivity index (χ4v) is 3.11. The Morgan fingerprint density at radius 2 is 2.26 bits per heavy atom. The first-order valence-electron chi connectivity index (χ1n) is 6.88. The number of aliphatic hydroxyl groups is 1. The van der Waals surface area contributed by atoms with Gasteiger partial charge in [0.1, 0.15) is 24.8 Å². The molecule has 1 aromatic rings. The molecule has 1 saturated carbocycles. The second-order valence-corrected chi connectivity index (χ2v) is 5.55. The lowest BCUT2D eigenvalue weighted by atomic mass is 9.89. The highest BCUT2D eigenvalue weighted by molar-refractivity contribution is 5.01. The van der Waals surface area contributed by atoms with E-state index in [9.17, 15) is 5.11 Å². The zero-order valence-corrected chi connectivity index (χ0v) is 10.6. The fraction of sp³-hybridized carbons (Fsp3) is 0.833. The van der Waals surface area contributed by atoms with Gasteiger partial charge in [-0.1, -0.05) is 6.42 Å². The van der Waals surface area contributed by atoms with E-state index in [0.29, 0.717) is 12.6 Å². The molecule has 3 heterocycles. The molecule has 7 heteroatoms. The molecule has 3 fully saturated rings. The third-order valence-electron chi connectivity index (χ3n) is 4.41. The molecule has 0 spiro atoms. The van der Waals surface area contributed by atoms with Gasteiger partial charge in [0.2, 0.25) is 0 Å². The van der Waals surface area contributed by atoms with Crippen LogP contribution in [-0.2, 0) is 9.47 Å². The van der Waals surface area contributed by atoms with E-state index in [1.165, 1.54) is 25.6 Å². The Kier molecular flexibility index (Phi) is 2.80. The lowest BCUT2D eigenvalue weighted by Gasteiger charge is -2.41. The number of fused-ring (bicyclic) bond motifs is 2. The van der Waals surface area contributed by atoms with Crippen molar-refractivity contribution in [3.63, 3.8) is 0 Å². The first-order valence-corrected chi connectivity index (χ1v) is 6.88. The lowest BCUT2D eigenvalue weighted by Crippen LogP contribution is -2.60. The van der Waals surface area contributed by atoms with Gasteiger partial charge < -0.3 is 19.9 Å². The molecule has 2 aliphatic heterocycles. The Labute approximate surface area is 110 Å². The van der Waals surface area contributed by atoms with Crippen LogP contribution in [0.25, 0.3) is 0 Å². The highest BCUT2D eigenvalue weighted by atomic mass is 16.7. The Morgan fingerprint density at radius 3 is 2.95 bits per heavy atom. The average molecular weight is 266 g/mol. The van der Waals surface area contributed by atoms with Gasteiger partial charge in [0.25, 0.3) is 0 Å². The van der Waals surface area contributed by atoms with Crippen molar-refractivity contribution in [2.45, 2.75) is 55.9 Å². The van der Waals surface area contributed by atoms with Crippen molar-refractivity contribution in [2.24, 2.45) is 0 Å². The van der Waals surface area contributed by atoms with Crippen molar-refractivity contribution < 1.29 is 14.6 Å². The molecule has 3 aliphatic rings. The van der Waals surface area contributed by atoms with Gasteiger partial charge in [0.05, 0.1) is 18.8 Å². The summed E-state index contributed by atoms with van der Waals surface area (Å²) < 4.78 is 13.1. The summed E-state index contributed by atoms with van der Waals surface area (Å²) in [5, 5.41) is 18.3. The maximum absolute atomic E-state index is 10.6. The number of rotatable bonds is 3. The fourth-order valence-electron chi connectivity index (χ4n) is 3.11. The topological polar surface area (TPSA) is 81.4 Å². The summed E-state index contributed by atoms with van der Waals surface area (Å²) in [6.45, 7) is 0.525. The van der Waals surface area contributed by atoms with E-state index in [4.69, 9.17) is 9.47 Å². The Hall–Kier alpha value is -1.02. The summed E-state index contributed by atoms with van der Waals surface area (Å²) in [7, 11) is 0. The first-order chi connectivity index (χ1) is 9.33. The molecule has 19 heavy (non-hydrogen) atoms. The number of hydrogen-bond donors (Lipinski definition) is 2. The SMILES string of the molecule is O[C@H]1[C@H](NC2CCC2)[C@H]2CO[C@H](O2)[C@@H]1n1cncn1. The van der Waals surface area contributed by atoms with E-state index in [1.54, 1.807) is 11.0 Å². The molecule has 104 valence electrons. The van der Waals surface area contributed by atoms with Crippen LogP contribution in [0.1, 0.15) is 25.3 Å². The predicted octanol–water partition coefficient (Wildman–Crippen LogP) is -0.554. The van der Waals surface area contributed by atoms with E-state index < -0.39 is 12.4 Å². The Morgan fingerprint density at radius 1 is 1.37 bits per heavy atom. The molecular formula is C12H18N4O3. The normalized spacial score (nSPS) is 42.3. The molecule has 2 saturated heterocycles. The van der Waals surface area contributed by atoms with Crippen LogP contribution in [0.2, 0.25) is 0 Å². The van der Waals surface area contributed by atoms with Gasteiger partial charge >= 0.3 is 0 Å². The van der Waals surface area contributed by atoms with Gasteiger partial charge in [-0.2, -0.15) is 5.10 Å². The number of ether oxygens (including phenoxy) is 2. The summed E-state index contributed by atoms with van der Waals surface area (Å²) in [5.74, 6) is 0. The van der Waals surface area contributed by atoms with Crippen LogP contribution in [0.3, 0.4) is 0 Å². The van der Waals surface area contributed by atoms with Gasteiger partial charge in [0, 0.05) is 6.04 Å². The smallest absolute Gasteiger partial charge is 0.183 e. The molecule has 0 aromatic carbocycles. The largest absolute Gasteiger partial charge is 0.389 e. The van der Waals surface area contributed by atoms with Crippen LogP contribution >= 0.6 is 0 Å². The highest BCUT2D eigenvalue weighted by Crippen LogP contribution is 2.36. The summed E-state index contributed by atoms with van der Waals surface area (Å²) in [4.78, 5) is 3.94. The van der Waals surface area contributed by atoms with E-state index >= 15 is 0 Å². The summed E-state index contributed by atoms with van der Waals surface area (Å²) in [5.41, 5.74) is 0. The second kappa shape index (κ2) is 4.52. The van der Waals surface area contributed by atoms with Gasteiger partial charge in [0.15, 0.2) is 6.29 Å². The molecule has 0 unspecified atom stereocenters. The van der Waals surface area contributed by atoms with E-state index in [2.05, 4.69) is 15.4 Å². The van der Waals surface area contributed by atoms with Gasteiger partial charge in [-0.05, 0) is 12.8 Å². The summed E-state index contributed by atoms with van der Waals surface area (Å²) >= 11 is 0. The van der Waals surface area contributed by atoms with Crippen LogP contribution in [0.4, 0.5) is 0 Å². The number of nitrogens with one attached hydrogen (secondary N) is 1. The first kappa shape index (κ1) is 11.8. The number of hydrogen-bond acceptors (Lipinski definition) is 6.